The first-order valence-electron chi connectivity index (χ1n) is 15.0. The maximum Gasteiger partial charge on any atom is 0.0461 e. The molecule has 0 spiro atoms. The van der Waals surface area contributed by atoms with Crippen molar-refractivity contribution >= 4 is 16.9 Å². The Bertz CT molecular complexity index is 1750. The number of hydrogen-bond acceptors (Lipinski definition) is 1. The predicted octanol–water partition coefficient (Wildman–Crippen LogP) is 11.3. The normalized spacial score (nSPS) is 14.5. The zero-order valence-corrected chi connectivity index (χ0v) is 24.1. The topological polar surface area (TPSA) is 3.24 Å². The van der Waals surface area contributed by atoms with Gasteiger partial charge in [0.25, 0.3) is 0 Å². The molecule has 1 aliphatic rings. The van der Waals surface area contributed by atoms with E-state index in [0.29, 0.717) is 0 Å². The molecular weight excluding hydrogens is 518 g/mol. The number of allylic oxidation sites excluding steroid dienone is 3. The molecule has 0 N–H and O–H groups in total. The van der Waals surface area contributed by atoms with E-state index in [4.69, 9.17) is 0 Å². The molecule has 206 valence electrons. The monoisotopic (exact) mass is 551 g/mol. The van der Waals surface area contributed by atoms with Crippen LogP contribution in [0.15, 0.2) is 188 Å². The highest BCUT2D eigenvalue weighted by atomic mass is 15.1. The Morgan fingerprint density at radius 2 is 0.791 bits per heavy atom. The fourth-order valence-electron chi connectivity index (χ4n) is 6.01. The molecule has 1 unspecified atom stereocenters. The van der Waals surface area contributed by atoms with Crippen molar-refractivity contribution in [2.45, 2.75) is 12.3 Å². The lowest BCUT2D eigenvalue weighted by Crippen LogP contribution is -2.19. The molecule has 0 saturated carbocycles. The van der Waals surface area contributed by atoms with Crippen molar-refractivity contribution in [1.82, 2.24) is 0 Å². The molecule has 0 bridgehead atoms. The average molecular weight is 552 g/mol. The molecule has 0 saturated heterocycles. The van der Waals surface area contributed by atoms with Crippen LogP contribution >= 0.6 is 0 Å². The van der Waals surface area contributed by atoms with Crippen LogP contribution in [0.25, 0.3) is 27.8 Å². The van der Waals surface area contributed by atoms with Crippen molar-refractivity contribution in [3.8, 4) is 22.3 Å². The minimum absolute atomic E-state index is 0.270. The zero-order valence-electron chi connectivity index (χ0n) is 24.1. The van der Waals surface area contributed by atoms with Gasteiger partial charge in [0.05, 0.1) is 0 Å². The summed E-state index contributed by atoms with van der Waals surface area (Å²) in [6.07, 6.45) is 5.79. The van der Waals surface area contributed by atoms with Gasteiger partial charge in [-0.15, -0.1) is 0 Å². The first-order chi connectivity index (χ1) is 21.3. The first-order valence-corrected chi connectivity index (χ1v) is 15.0. The van der Waals surface area contributed by atoms with Crippen molar-refractivity contribution in [3.63, 3.8) is 0 Å². The summed E-state index contributed by atoms with van der Waals surface area (Å²) in [5.74, 6) is 0.270. The Hall–Kier alpha value is -5.40. The minimum atomic E-state index is 0.270. The molecule has 6 aromatic rings. The van der Waals surface area contributed by atoms with E-state index < -0.39 is 0 Å². The third-order valence-corrected chi connectivity index (χ3v) is 8.23. The summed E-state index contributed by atoms with van der Waals surface area (Å²) in [5, 5.41) is 0. The summed E-state index contributed by atoms with van der Waals surface area (Å²) in [7, 11) is 0. The summed E-state index contributed by atoms with van der Waals surface area (Å²) in [4.78, 5) is 2.40. The molecule has 0 fully saturated rings. The molecule has 43 heavy (non-hydrogen) atoms. The summed E-state index contributed by atoms with van der Waals surface area (Å²) >= 11 is 0. The summed E-state index contributed by atoms with van der Waals surface area (Å²) in [5.41, 5.74) is 12.3. The van der Waals surface area contributed by atoms with E-state index >= 15 is 0 Å². The third kappa shape index (κ3) is 5.84. The minimum Gasteiger partial charge on any atom is -0.311 e. The van der Waals surface area contributed by atoms with Gasteiger partial charge in [-0.2, -0.15) is 0 Å². The highest BCUT2D eigenvalue weighted by molar-refractivity contribution is 5.80. The van der Waals surface area contributed by atoms with Gasteiger partial charge in [-0.25, -0.2) is 0 Å². The van der Waals surface area contributed by atoms with Gasteiger partial charge in [-0.3, -0.25) is 0 Å². The van der Waals surface area contributed by atoms with Crippen molar-refractivity contribution in [2.75, 3.05) is 4.90 Å². The maximum atomic E-state index is 2.44. The molecule has 1 nitrogen and oxygen atoms in total. The largest absolute Gasteiger partial charge is 0.311 e. The van der Waals surface area contributed by atoms with E-state index in [0.717, 1.165) is 17.8 Å². The Kier molecular flexibility index (Phi) is 7.53. The summed E-state index contributed by atoms with van der Waals surface area (Å²) in [6.45, 7) is 0. The van der Waals surface area contributed by atoms with E-state index in [2.05, 4.69) is 187 Å². The van der Waals surface area contributed by atoms with Crippen LogP contribution in [-0.4, -0.2) is 0 Å². The second-order valence-electron chi connectivity index (χ2n) is 11.0. The Balaban J connectivity index is 1.35. The molecule has 6 aromatic carbocycles. The SMILES string of the molecule is C1=C(c2ccccc2)CC(c2ccccc2)C=C1N(c1ccc(-c2ccccc2)cc1)c1ccc(-c2ccccc2)cc1. The summed E-state index contributed by atoms with van der Waals surface area (Å²) in [6, 6.07) is 60.8. The molecule has 0 radical (unpaired) electrons. The van der Waals surface area contributed by atoms with Crippen LogP contribution in [0.4, 0.5) is 11.4 Å². The smallest absolute Gasteiger partial charge is 0.0461 e. The van der Waals surface area contributed by atoms with Gasteiger partial charge in [-0.05, 0) is 75.7 Å². The molecule has 1 atom stereocenters. The van der Waals surface area contributed by atoms with E-state index in [-0.39, 0.29) is 5.92 Å². The fourth-order valence-corrected chi connectivity index (χ4v) is 6.01. The molecule has 0 amide bonds. The number of rotatable bonds is 7. The Morgan fingerprint density at radius 3 is 1.26 bits per heavy atom. The zero-order chi connectivity index (χ0) is 28.8. The lowest BCUT2D eigenvalue weighted by Gasteiger charge is -2.32. The van der Waals surface area contributed by atoms with Crippen LogP contribution in [0.5, 0.6) is 0 Å². The van der Waals surface area contributed by atoms with Crippen LogP contribution in [-0.2, 0) is 0 Å². The molecule has 0 aliphatic heterocycles. The standard InChI is InChI=1S/C42H33N/c1-5-13-32(14-6-1)36-21-25-40(26-22-36)43(41-27-23-37(24-28-41)33-15-7-2-8-16-33)42-30-38(34-17-9-3-10-18-34)29-39(31-42)35-19-11-4-12-20-35/h1-28,30-31,38H,29H2. The molecule has 0 heterocycles. The lowest BCUT2D eigenvalue weighted by atomic mass is 9.84. The van der Waals surface area contributed by atoms with Crippen LogP contribution < -0.4 is 4.90 Å². The first kappa shape index (κ1) is 26.5. The molecule has 1 aliphatic carbocycles. The third-order valence-electron chi connectivity index (χ3n) is 8.23. The number of hydrogen-bond donors (Lipinski definition) is 0. The maximum absolute atomic E-state index is 2.44. The van der Waals surface area contributed by atoms with Gasteiger partial charge in [0, 0.05) is 23.0 Å². The van der Waals surface area contributed by atoms with Gasteiger partial charge in [0.2, 0.25) is 0 Å². The van der Waals surface area contributed by atoms with E-state index in [1.165, 1.54) is 44.7 Å². The quantitative estimate of drug-likeness (QED) is 0.191. The lowest BCUT2D eigenvalue weighted by molar-refractivity contribution is 0.851. The van der Waals surface area contributed by atoms with Gasteiger partial charge >= 0.3 is 0 Å². The van der Waals surface area contributed by atoms with E-state index in [9.17, 15) is 0 Å². The highest BCUT2D eigenvalue weighted by Gasteiger charge is 2.23. The number of anilines is 2. The summed E-state index contributed by atoms with van der Waals surface area (Å²) < 4.78 is 0. The molecule has 0 aromatic heterocycles. The predicted molar refractivity (Wildman–Crippen MR) is 182 cm³/mol. The second-order valence-corrected chi connectivity index (χ2v) is 11.0. The Labute approximate surface area is 254 Å². The van der Waals surface area contributed by atoms with Gasteiger partial charge in [0.1, 0.15) is 0 Å². The van der Waals surface area contributed by atoms with Crippen molar-refractivity contribution in [2.24, 2.45) is 0 Å². The molecular formula is C42H33N. The van der Waals surface area contributed by atoms with E-state index in [1.54, 1.807) is 0 Å². The average Bonchev–Trinajstić information content (AvgIpc) is 3.10. The van der Waals surface area contributed by atoms with Crippen LogP contribution in [0, 0.1) is 0 Å². The van der Waals surface area contributed by atoms with Crippen LogP contribution in [0.2, 0.25) is 0 Å². The van der Waals surface area contributed by atoms with E-state index in [1.807, 2.05) is 0 Å². The van der Waals surface area contributed by atoms with Crippen LogP contribution in [0.3, 0.4) is 0 Å². The van der Waals surface area contributed by atoms with Crippen molar-refractivity contribution < 1.29 is 0 Å². The highest BCUT2D eigenvalue weighted by Crippen LogP contribution is 2.41. The van der Waals surface area contributed by atoms with Gasteiger partial charge in [-0.1, -0.05) is 152 Å². The van der Waals surface area contributed by atoms with Gasteiger partial charge < -0.3 is 4.90 Å². The molecule has 7 rings (SSSR count). The second kappa shape index (κ2) is 12.2. The Morgan fingerprint density at radius 1 is 0.395 bits per heavy atom. The number of nitrogens with zero attached hydrogens (tertiary/aromatic N) is 1. The van der Waals surface area contributed by atoms with Crippen molar-refractivity contribution in [3.05, 3.63) is 199 Å². The van der Waals surface area contributed by atoms with Crippen LogP contribution in [0.1, 0.15) is 23.5 Å². The molecule has 1 heteroatoms. The fraction of sp³-hybridized carbons (Fsp3) is 0.0476. The number of benzene rings is 6. The van der Waals surface area contributed by atoms with Crippen molar-refractivity contribution in [1.29, 1.82) is 0 Å². The van der Waals surface area contributed by atoms with Gasteiger partial charge in [0.15, 0.2) is 0 Å².